The van der Waals surface area contributed by atoms with E-state index in [4.69, 9.17) is 22.3 Å². The van der Waals surface area contributed by atoms with E-state index in [0.717, 1.165) is 12.8 Å². The topological polar surface area (TPSA) is 99.7 Å². The van der Waals surface area contributed by atoms with Gasteiger partial charge in [0.15, 0.2) is 0 Å². The monoisotopic (exact) mass is 218 g/mol. The average molecular weight is 218 g/mol. The van der Waals surface area contributed by atoms with E-state index in [0.29, 0.717) is 12.8 Å². The smallest absolute Gasteiger partial charge is 0.0908 e. The molecule has 0 saturated carbocycles. The van der Waals surface area contributed by atoms with Gasteiger partial charge in [0.05, 0.1) is 11.7 Å². The molecule has 0 aromatic heterocycles. The van der Waals surface area contributed by atoms with Crippen LogP contribution in [0.15, 0.2) is 24.3 Å². The van der Waals surface area contributed by atoms with Crippen LogP contribution < -0.4 is 11.5 Å². The zero-order chi connectivity index (χ0) is 12.0. The molecule has 1 aromatic carbocycles. The molecule has 6 N–H and O–H groups in total. The van der Waals surface area contributed by atoms with E-state index in [-0.39, 0.29) is 11.7 Å². The molecule has 0 heterocycles. The Hall–Kier alpha value is -1.84. The average Bonchev–Trinajstić information content (AvgIpc) is 2.25. The maximum Gasteiger partial charge on any atom is 0.0908 e. The van der Waals surface area contributed by atoms with E-state index in [9.17, 15) is 0 Å². The minimum atomic E-state index is 0.223. The summed E-state index contributed by atoms with van der Waals surface area (Å²) in [5, 5.41) is 14.3. The molecule has 0 bridgehead atoms. The van der Waals surface area contributed by atoms with Crippen molar-refractivity contribution in [2.24, 2.45) is 11.5 Å². The summed E-state index contributed by atoms with van der Waals surface area (Å²) in [6, 6.07) is 8.16. The second-order valence-corrected chi connectivity index (χ2v) is 3.87. The Balaban J connectivity index is 2.47. The van der Waals surface area contributed by atoms with Crippen molar-refractivity contribution >= 4 is 11.7 Å². The van der Waals surface area contributed by atoms with Crippen molar-refractivity contribution in [3.05, 3.63) is 35.4 Å². The number of hydrogen-bond donors (Lipinski definition) is 4. The van der Waals surface area contributed by atoms with Gasteiger partial charge in [-0.2, -0.15) is 0 Å². The lowest BCUT2D eigenvalue weighted by Crippen LogP contribution is -2.10. The fraction of sp³-hybridized carbons (Fsp3) is 0.333. The summed E-state index contributed by atoms with van der Waals surface area (Å²) < 4.78 is 0. The molecule has 0 unspecified atom stereocenters. The largest absolute Gasteiger partial charge is 0.388 e. The van der Waals surface area contributed by atoms with Gasteiger partial charge in [-0.1, -0.05) is 24.3 Å². The van der Waals surface area contributed by atoms with Gasteiger partial charge in [-0.25, -0.2) is 0 Å². The lowest BCUT2D eigenvalue weighted by Gasteiger charge is -2.03. The Bertz CT molecular complexity index is 330. The van der Waals surface area contributed by atoms with Crippen LogP contribution in [-0.2, 0) is 12.8 Å². The maximum atomic E-state index is 7.14. The molecule has 0 atom stereocenters. The highest BCUT2D eigenvalue weighted by molar-refractivity contribution is 5.77. The molecular formula is C12H18N4. The van der Waals surface area contributed by atoms with Crippen molar-refractivity contribution in [3.63, 3.8) is 0 Å². The molecule has 0 saturated heterocycles. The Morgan fingerprint density at radius 1 is 0.812 bits per heavy atom. The number of nitrogens with one attached hydrogen (secondary N) is 2. The van der Waals surface area contributed by atoms with E-state index in [1.54, 1.807) is 0 Å². The molecule has 0 aliphatic carbocycles. The van der Waals surface area contributed by atoms with Crippen LogP contribution in [0.1, 0.15) is 24.0 Å². The Morgan fingerprint density at radius 3 is 1.38 bits per heavy atom. The van der Waals surface area contributed by atoms with Gasteiger partial charge >= 0.3 is 0 Å². The molecule has 1 aromatic rings. The van der Waals surface area contributed by atoms with Gasteiger partial charge in [0.25, 0.3) is 0 Å². The van der Waals surface area contributed by atoms with Crippen LogP contribution in [0.3, 0.4) is 0 Å². The molecule has 0 amide bonds. The summed E-state index contributed by atoms with van der Waals surface area (Å²) in [6.07, 6.45) is 2.82. The van der Waals surface area contributed by atoms with Crippen molar-refractivity contribution in [1.82, 2.24) is 0 Å². The second kappa shape index (κ2) is 5.90. The van der Waals surface area contributed by atoms with Crippen molar-refractivity contribution in [3.8, 4) is 0 Å². The van der Waals surface area contributed by atoms with E-state index in [1.165, 1.54) is 11.1 Å². The van der Waals surface area contributed by atoms with Gasteiger partial charge in [0.1, 0.15) is 0 Å². The number of aryl methyl sites for hydroxylation is 2. The molecule has 1 rings (SSSR count). The number of amidine groups is 2. The quantitative estimate of drug-likeness (QED) is 0.429. The molecule has 16 heavy (non-hydrogen) atoms. The van der Waals surface area contributed by atoms with E-state index < -0.39 is 0 Å². The summed E-state index contributed by atoms with van der Waals surface area (Å²) in [6.45, 7) is 0. The summed E-state index contributed by atoms with van der Waals surface area (Å²) in [5.41, 5.74) is 13.0. The fourth-order valence-corrected chi connectivity index (χ4v) is 1.43. The maximum absolute atomic E-state index is 7.14. The molecule has 4 heteroatoms. The van der Waals surface area contributed by atoms with E-state index in [2.05, 4.69) is 0 Å². The van der Waals surface area contributed by atoms with E-state index in [1.807, 2.05) is 24.3 Å². The Labute approximate surface area is 95.7 Å². The number of rotatable bonds is 6. The summed E-state index contributed by atoms with van der Waals surface area (Å²) in [7, 11) is 0. The molecule has 86 valence electrons. The van der Waals surface area contributed by atoms with Gasteiger partial charge in [-0.3, -0.25) is 10.8 Å². The lowest BCUT2D eigenvalue weighted by molar-refractivity contribution is 0.993. The first-order chi connectivity index (χ1) is 7.58. The second-order valence-electron chi connectivity index (χ2n) is 3.87. The van der Waals surface area contributed by atoms with Crippen molar-refractivity contribution in [1.29, 1.82) is 10.8 Å². The standard InChI is InChI=1S/C12H18N4/c13-11(14)7-5-9-1-2-10(4-3-9)6-8-12(15)16/h1-4H,5-8H2,(H3,13,14)(H3,15,16). The van der Waals surface area contributed by atoms with Crippen LogP contribution in [0.2, 0.25) is 0 Å². The minimum absolute atomic E-state index is 0.223. The first-order valence-electron chi connectivity index (χ1n) is 5.31. The molecule has 0 fully saturated rings. The third kappa shape index (κ3) is 4.59. The predicted molar refractivity (Wildman–Crippen MR) is 66.9 cm³/mol. The Kier molecular flexibility index (Phi) is 4.51. The first-order valence-corrected chi connectivity index (χ1v) is 5.31. The van der Waals surface area contributed by atoms with Crippen molar-refractivity contribution in [2.75, 3.05) is 0 Å². The summed E-state index contributed by atoms with van der Waals surface area (Å²) >= 11 is 0. The fourth-order valence-electron chi connectivity index (χ4n) is 1.43. The van der Waals surface area contributed by atoms with Crippen LogP contribution in [0.5, 0.6) is 0 Å². The molecule has 0 radical (unpaired) electrons. The Morgan fingerprint density at radius 2 is 1.12 bits per heavy atom. The normalized spacial score (nSPS) is 10.0. The molecule has 4 nitrogen and oxygen atoms in total. The summed E-state index contributed by atoms with van der Waals surface area (Å²) in [4.78, 5) is 0. The van der Waals surface area contributed by atoms with Gasteiger partial charge in [-0.15, -0.1) is 0 Å². The van der Waals surface area contributed by atoms with Gasteiger partial charge in [0, 0.05) is 12.8 Å². The SMILES string of the molecule is N=C(N)CCc1ccc(CCC(=N)N)cc1. The van der Waals surface area contributed by atoms with Gasteiger partial charge < -0.3 is 11.5 Å². The number of hydrogen-bond acceptors (Lipinski definition) is 2. The van der Waals surface area contributed by atoms with Crippen LogP contribution in [0, 0.1) is 10.8 Å². The first kappa shape index (κ1) is 12.2. The molecule has 0 aliphatic rings. The van der Waals surface area contributed by atoms with Gasteiger partial charge in [0.2, 0.25) is 0 Å². The van der Waals surface area contributed by atoms with Crippen molar-refractivity contribution < 1.29 is 0 Å². The third-order valence-electron chi connectivity index (χ3n) is 2.39. The third-order valence-corrected chi connectivity index (χ3v) is 2.39. The highest BCUT2D eigenvalue weighted by atomic mass is 14.7. The lowest BCUT2D eigenvalue weighted by atomic mass is 10.0. The van der Waals surface area contributed by atoms with Crippen LogP contribution in [0.4, 0.5) is 0 Å². The minimum Gasteiger partial charge on any atom is -0.388 e. The van der Waals surface area contributed by atoms with Crippen LogP contribution >= 0.6 is 0 Å². The van der Waals surface area contributed by atoms with Gasteiger partial charge in [-0.05, 0) is 24.0 Å². The number of nitrogens with two attached hydrogens (primary N) is 2. The molecule has 0 spiro atoms. The molecular weight excluding hydrogens is 200 g/mol. The number of benzene rings is 1. The zero-order valence-corrected chi connectivity index (χ0v) is 9.29. The van der Waals surface area contributed by atoms with Crippen LogP contribution in [0.25, 0.3) is 0 Å². The molecule has 0 aliphatic heterocycles. The predicted octanol–water partition coefficient (Wildman–Crippen LogP) is 1.42. The highest BCUT2D eigenvalue weighted by Gasteiger charge is 1.97. The van der Waals surface area contributed by atoms with Crippen LogP contribution in [-0.4, -0.2) is 11.7 Å². The highest BCUT2D eigenvalue weighted by Crippen LogP contribution is 2.08. The zero-order valence-electron chi connectivity index (χ0n) is 9.29. The summed E-state index contributed by atoms with van der Waals surface area (Å²) in [5.74, 6) is 0.446. The van der Waals surface area contributed by atoms with Crippen molar-refractivity contribution in [2.45, 2.75) is 25.7 Å². The van der Waals surface area contributed by atoms with E-state index >= 15 is 0 Å².